The van der Waals surface area contributed by atoms with Crippen LogP contribution in [0, 0.1) is 12.8 Å². The van der Waals surface area contributed by atoms with Crippen molar-refractivity contribution in [2.45, 2.75) is 52.1 Å². The molecule has 19 heavy (non-hydrogen) atoms. The molecule has 1 aromatic rings. The summed E-state index contributed by atoms with van der Waals surface area (Å²) < 4.78 is 0. The summed E-state index contributed by atoms with van der Waals surface area (Å²) in [5, 5.41) is 3.66. The van der Waals surface area contributed by atoms with Crippen molar-refractivity contribution in [3.05, 3.63) is 29.3 Å². The van der Waals surface area contributed by atoms with Crippen molar-refractivity contribution in [1.29, 1.82) is 0 Å². The van der Waals surface area contributed by atoms with Gasteiger partial charge in [0.1, 0.15) is 0 Å². The predicted molar refractivity (Wildman–Crippen MR) is 81.7 cm³/mol. The summed E-state index contributed by atoms with van der Waals surface area (Å²) in [6.07, 6.45) is 5.41. The third-order valence-electron chi connectivity index (χ3n) is 4.60. The van der Waals surface area contributed by atoms with Gasteiger partial charge in [-0.05, 0) is 43.7 Å². The van der Waals surface area contributed by atoms with Gasteiger partial charge in [-0.1, -0.05) is 31.0 Å². The summed E-state index contributed by atoms with van der Waals surface area (Å²) in [6.45, 7) is 8.03. The van der Waals surface area contributed by atoms with Crippen LogP contribution in [0.4, 0.5) is 5.69 Å². The number of nitrogens with zero attached hydrogens (tertiary/aromatic N) is 1. The molecule has 2 aliphatic rings. The zero-order valence-corrected chi connectivity index (χ0v) is 12.3. The van der Waals surface area contributed by atoms with Crippen LogP contribution >= 0.6 is 0 Å². The van der Waals surface area contributed by atoms with E-state index in [9.17, 15) is 0 Å². The minimum atomic E-state index is 0.787. The second-order valence-electron chi connectivity index (χ2n) is 6.30. The lowest BCUT2D eigenvalue weighted by Crippen LogP contribution is -2.23. The van der Waals surface area contributed by atoms with E-state index in [2.05, 4.69) is 42.3 Å². The smallest absolute Gasteiger partial charge is 0.0412 e. The van der Waals surface area contributed by atoms with E-state index in [1.807, 2.05) is 0 Å². The van der Waals surface area contributed by atoms with E-state index in [1.165, 1.54) is 55.6 Å². The molecule has 0 bridgehead atoms. The zero-order chi connectivity index (χ0) is 13.2. The second kappa shape index (κ2) is 5.54. The fourth-order valence-corrected chi connectivity index (χ4v) is 3.09. The van der Waals surface area contributed by atoms with Crippen LogP contribution in [0.3, 0.4) is 0 Å². The standard InChI is InChI=1S/C17H26N2/c1-3-14-8-9-19(12-14)17-7-4-13(2)10-15(17)11-18-16-5-6-16/h4,7,10,14,16,18H,3,5-6,8-9,11-12H2,1-2H3. The van der Waals surface area contributed by atoms with Gasteiger partial charge in [-0.25, -0.2) is 0 Å². The molecule has 0 radical (unpaired) electrons. The fraction of sp³-hybridized carbons (Fsp3) is 0.647. The molecule has 1 aliphatic carbocycles. The molecule has 1 saturated carbocycles. The van der Waals surface area contributed by atoms with E-state index in [4.69, 9.17) is 0 Å². The first kappa shape index (κ1) is 13.0. The Kier molecular flexibility index (Phi) is 3.79. The van der Waals surface area contributed by atoms with Gasteiger partial charge in [-0.2, -0.15) is 0 Å². The second-order valence-corrected chi connectivity index (χ2v) is 6.30. The summed E-state index contributed by atoms with van der Waals surface area (Å²) in [5.74, 6) is 0.894. The van der Waals surface area contributed by atoms with Crippen molar-refractivity contribution in [2.75, 3.05) is 18.0 Å². The van der Waals surface area contributed by atoms with Crippen LogP contribution in [0.1, 0.15) is 43.7 Å². The topological polar surface area (TPSA) is 15.3 Å². The fourth-order valence-electron chi connectivity index (χ4n) is 3.09. The number of nitrogens with one attached hydrogen (secondary N) is 1. The van der Waals surface area contributed by atoms with Crippen molar-refractivity contribution in [1.82, 2.24) is 5.32 Å². The van der Waals surface area contributed by atoms with Crippen LogP contribution in [0.5, 0.6) is 0 Å². The predicted octanol–water partition coefficient (Wildman–Crippen LogP) is 3.48. The van der Waals surface area contributed by atoms with Gasteiger partial charge in [0, 0.05) is 31.4 Å². The van der Waals surface area contributed by atoms with Gasteiger partial charge in [0.2, 0.25) is 0 Å². The largest absolute Gasteiger partial charge is 0.371 e. The Balaban J connectivity index is 1.74. The van der Waals surface area contributed by atoms with E-state index in [0.29, 0.717) is 0 Å². The van der Waals surface area contributed by atoms with Gasteiger partial charge in [-0.15, -0.1) is 0 Å². The number of rotatable bonds is 5. The number of benzene rings is 1. The van der Waals surface area contributed by atoms with E-state index in [0.717, 1.165) is 18.5 Å². The number of anilines is 1. The average molecular weight is 258 g/mol. The zero-order valence-electron chi connectivity index (χ0n) is 12.3. The van der Waals surface area contributed by atoms with Crippen molar-refractivity contribution in [3.63, 3.8) is 0 Å². The molecule has 104 valence electrons. The Bertz CT molecular complexity index is 437. The van der Waals surface area contributed by atoms with E-state index in [-0.39, 0.29) is 0 Å². The van der Waals surface area contributed by atoms with Crippen LogP contribution in [0.25, 0.3) is 0 Å². The van der Waals surface area contributed by atoms with Crippen LogP contribution in [-0.4, -0.2) is 19.1 Å². The molecular weight excluding hydrogens is 232 g/mol. The molecule has 1 saturated heterocycles. The first-order valence-electron chi connectivity index (χ1n) is 7.84. The number of aryl methyl sites for hydroxylation is 1. The minimum Gasteiger partial charge on any atom is -0.371 e. The van der Waals surface area contributed by atoms with Crippen LogP contribution < -0.4 is 10.2 Å². The van der Waals surface area contributed by atoms with Crippen LogP contribution in [0.15, 0.2) is 18.2 Å². The Morgan fingerprint density at radius 1 is 1.26 bits per heavy atom. The van der Waals surface area contributed by atoms with Crippen molar-refractivity contribution in [3.8, 4) is 0 Å². The lowest BCUT2D eigenvalue weighted by atomic mass is 10.1. The van der Waals surface area contributed by atoms with Crippen molar-refractivity contribution in [2.24, 2.45) is 5.92 Å². The van der Waals surface area contributed by atoms with Gasteiger partial charge in [0.15, 0.2) is 0 Å². The maximum absolute atomic E-state index is 3.66. The normalized spacial score (nSPS) is 23.1. The van der Waals surface area contributed by atoms with Gasteiger partial charge in [-0.3, -0.25) is 0 Å². The molecule has 1 heterocycles. The Morgan fingerprint density at radius 3 is 2.79 bits per heavy atom. The highest BCUT2D eigenvalue weighted by molar-refractivity contribution is 5.55. The molecule has 1 aliphatic heterocycles. The maximum atomic E-state index is 3.66. The first-order chi connectivity index (χ1) is 9.26. The van der Waals surface area contributed by atoms with E-state index < -0.39 is 0 Å². The summed E-state index contributed by atoms with van der Waals surface area (Å²) in [6, 6.07) is 7.74. The van der Waals surface area contributed by atoms with Gasteiger partial charge in [0.25, 0.3) is 0 Å². The Morgan fingerprint density at radius 2 is 2.11 bits per heavy atom. The molecule has 1 aromatic carbocycles. The van der Waals surface area contributed by atoms with E-state index >= 15 is 0 Å². The van der Waals surface area contributed by atoms with Crippen LogP contribution in [0.2, 0.25) is 0 Å². The average Bonchev–Trinajstić information content (AvgIpc) is 3.13. The molecule has 0 aromatic heterocycles. The summed E-state index contributed by atoms with van der Waals surface area (Å²) in [4.78, 5) is 2.59. The van der Waals surface area contributed by atoms with Gasteiger partial charge >= 0.3 is 0 Å². The SMILES string of the molecule is CCC1CCN(c2ccc(C)cc2CNC2CC2)C1. The molecule has 3 rings (SSSR count). The molecule has 1 unspecified atom stereocenters. The minimum absolute atomic E-state index is 0.787. The molecule has 2 fully saturated rings. The lowest BCUT2D eigenvalue weighted by Gasteiger charge is -2.23. The molecule has 1 atom stereocenters. The van der Waals surface area contributed by atoms with Gasteiger partial charge < -0.3 is 10.2 Å². The summed E-state index contributed by atoms with van der Waals surface area (Å²) >= 11 is 0. The highest BCUT2D eigenvalue weighted by Crippen LogP contribution is 2.30. The molecular formula is C17H26N2. The Labute approximate surface area is 117 Å². The third kappa shape index (κ3) is 3.11. The molecule has 2 nitrogen and oxygen atoms in total. The van der Waals surface area contributed by atoms with Crippen LogP contribution in [-0.2, 0) is 6.54 Å². The highest BCUT2D eigenvalue weighted by atomic mass is 15.2. The highest BCUT2D eigenvalue weighted by Gasteiger charge is 2.24. The maximum Gasteiger partial charge on any atom is 0.0412 e. The van der Waals surface area contributed by atoms with Crippen molar-refractivity contribution >= 4 is 5.69 Å². The monoisotopic (exact) mass is 258 g/mol. The van der Waals surface area contributed by atoms with E-state index in [1.54, 1.807) is 0 Å². The summed E-state index contributed by atoms with van der Waals surface area (Å²) in [7, 11) is 0. The molecule has 1 N–H and O–H groups in total. The number of hydrogen-bond donors (Lipinski definition) is 1. The Hall–Kier alpha value is -1.02. The lowest BCUT2D eigenvalue weighted by molar-refractivity contribution is 0.569. The number of hydrogen-bond acceptors (Lipinski definition) is 2. The molecule has 0 spiro atoms. The molecule has 0 amide bonds. The first-order valence-corrected chi connectivity index (χ1v) is 7.84. The van der Waals surface area contributed by atoms with Gasteiger partial charge in [0.05, 0.1) is 0 Å². The van der Waals surface area contributed by atoms with Crippen molar-refractivity contribution < 1.29 is 0 Å². The quantitative estimate of drug-likeness (QED) is 0.870. The third-order valence-corrected chi connectivity index (χ3v) is 4.60. The summed E-state index contributed by atoms with van der Waals surface area (Å²) in [5.41, 5.74) is 4.33. The molecule has 2 heteroatoms.